The smallest absolute Gasteiger partial charge is 0.338 e. The Labute approximate surface area is 234 Å². The highest BCUT2D eigenvalue weighted by Crippen LogP contribution is 2.62. The number of hydrogen-bond acceptors (Lipinski definition) is 8. The Morgan fingerprint density at radius 1 is 1.05 bits per heavy atom. The minimum absolute atomic E-state index is 0.00732. The zero-order chi connectivity index (χ0) is 29.5. The highest BCUT2D eigenvalue weighted by Gasteiger charge is 2.59. The molecule has 0 aromatic heterocycles. The molecule has 220 valence electrons. The lowest BCUT2D eigenvalue weighted by molar-refractivity contribution is -0.191. The van der Waals surface area contributed by atoms with Gasteiger partial charge in [0.15, 0.2) is 0 Å². The molecule has 0 aromatic rings. The van der Waals surface area contributed by atoms with E-state index in [-0.39, 0.29) is 75.0 Å². The third kappa shape index (κ3) is 7.40. The normalized spacial score (nSPS) is 29.9. The van der Waals surface area contributed by atoms with Gasteiger partial charge in [-0.3, -0.25) is 19.2 Å². The number of carboxylic acids is 2. The fourth-order valence-electron chi connectivity index (χ4n) is 6.65. The first-order chi connectivity index (χ1) is 18.9. The van der Waals surface area contributed by atoms with Gasteiger partial charge in [0, 0.05) is 37.0 Å². The topological polar surface area (TPSA) is 154 Å². The van der Waals surface area contributed by atoms with Crippen LogP contribution in [0.2, 0.25) is 0 Å². The summed E-state index contributed by atoms with van der Waals surface area (Å²) in [6, 6.07) is 0. The summed E-state index contributed by atoms with van der Waals surface area (Å²) in [6.07, 6.45) is 7.63. The van der Waals surface area contributed by atoms with E-state index in [2.05, 4.69) is 13.5 Å². The molecular weight excluding hydrogens is 520 g/mol. The van der Waals surface area contributed by atoms with Gasteiger partial charge in [0.1, 0.15) is 19.3 Å². The van der Waals surface area contributed by atoms with E-state index in [0.29, 0.717) is 24.8 Å². The van der Waals surface area contributed by atoms with Gasteiger partial charge < -0.3 is 24.4 Å². The standard InChI is InChI=1S/C30H40O10/c1-19-10-13-22-29(2,21(19)12-11-20-15-17-38-28(20)37)16-14-23(40-27(36)9-5-7-25(33)34)30(22,3)18-39-26(35)8-4-6-24(31)32/h11-12,15,21-23H,1,4-10,13-14,16-18H2,2-3H3,(H,31,32)(H,33,34)/b12-11+/t21-,22?,23-,29+,30+/m1/s1. The van der Waals surface area contributed by atoms with Crippen LogP contribution >= 0.6 is 0 Å². The lowest BCUT2D eigenvalue weighted by Gasteiger charge is -2.60. The Morgan fingerprint density at radius 3 is 2.30 bits per heavy atom. The third-order valence-corrected chi connectivity index (χ3v) is 8.76. The maximum absolute atomic E-state index is 12.7. The van der Waals surface area contributed by atoms with E-state index in [0.717, 1.165) is 12.0 Å². The molecule has 10 nitrogen and oxygen atoms in total. The zero-order valence-electron chi connectivity index (χ0n) is 23.3. The second-order valence-electron chi connectivity index (χ2n) is 11.5. The van der Waals surface area contributed by atoms with Crippen LogP contribution in [-0.4, -0.2) is 59.4 Å². The monoisotopic (exact) mass is 560 g/mol. The molecule has 0 saturated heterocycles. The maximum Gasteiger partial charge on any atom is 0.338 e. The van der Waals surface area contributed by atoms with Crippen LogP contribution in [0, 0.1) is 22.7 Å². The molecule has 2 fully saturated rings. The summed E-state index contributed by atoms with van der Waals surface area (Å²) in [5.41, 5.74) is 0.460. The SMILES string of the molecule is C=C1CCC2[C@](C)(COC(=O)CCCC(=O)O)[C@H](OC(=O)CCCC(=O)O)CC[C@@]2(C)[C@@H]1/C=C/C1=CCOC1=O. The number of esters is 3. The predicted molar refractivity (Wildman–Crippen MR) is 143 cm³/mol. The molecule has 0 aromatic carbocycles. The first kappa shape index (κ1) is 31.1. The van der Waals surface area contributed by atoms with Gasteiger partial charge in [0.25, 0.3) is 0 Å². The van der Waals surface area contributed by atoms with E-state index in [4.69, 9.17) is 24.4 Å². The Morgan fingerprint density at radius 2 is 1.70 bits per heavy atom. The number of carbonyl (C=O) groups is 5. The molecule has 2 aliphatic carbocycles. The van der Waals surface area contributed by atoms with Crippen LogP contribution in [-0.2, 0) is 38.2 Å². The number of carboxylic acid groups (broad SMARTS) is 2. The van der Waals surface area contributed by atoms with Gasteiger partial charge in [-0.25, -0.2) is 4.79 Å². The van der Waals surface area contributed by atoms with Crippen molar-refractivity contribution in [2.24, 2.45) is 22.7 Å². The molecule has 2 N–H and O–H groups in total. The van der Waals surface area contributed by atoms with Crippen molar-refractivity contribution in [2.75, 3.05) is 13.2 Å². The average molecular weight is 561 g/mol. The summed E-state index contributed by atoms with van der Waals surface area (Å²) >= 11 is 0. The van der Waals surface area contributed by atoms with Crippen LogP contribution in [0.5, 0.6) is 0 Å². The Kier molecular flexibility index (Phi) is 10.3. The Balaban J connectivity index is 1.83. The molecule has 1 heterocycles. The van der Waals surface area contributed by atoms with Crippen molar-refractivity contribution >= 4 is 29.8 Å². The van der Waals surface area contributed by atoms with Crippen molar-refractivity contribution in [2.45, 2.75) is 84.2 Å². The highest BCUT2D eigenvalue weighted by atomic mass is 16.6. The fourth-order valence-corrected chi connectivity index (χ4v) is 6.65. The van der Waals surface area contributed by atoms with Crippen LogP contribution in [0.1, 0.15) is 78.1 Å². The second kappa shape index (κ2) is 13.3. The Hall–Kier alpha value is -3.43. The predicted octanol–water partition coefficient (Wildman–Crippen LogP) is 4.38. The molecule has 40 heavy (non-hydrogen) atoms. The van der Waals surface area contributed by atoms with Crippen molar-refractivity contribution in [1.82, 2.24) is 0 Å². The molecule has 5 atom stereocenters. The largest absolute Gasteiger partial charge is 0.481 e. The van der Waals surface area contributed by atoms with Gasteiger partial charge in [0.05, 0.1) is 5.57 Å². The van der Waals surface area contributed by atoms with E-state index in [1.54, 1.807) is 12.2 Å². The number of fused-ring (bicyclic) bond motifs is 1. The molecule has 2 saturated carbocycles. The number of cyclic esters (lactones) is 1. The first-order valence-corrected chi connectivity index (χ1v) is 13.9. The van der Waals surface area contributed by atoms with Crippen LogP contribution in [0.3, 0.4) is 0 Å². The van der Waals surface area contributed by atoms with Gasteiger partial charge in [-0.05, 0) is 55.9 Å². The summed E-state index contributed by atoms with van der Waals surface area (Å²) in [4.78, 5) is 58.9. The highest BCUT2D eigenvalue weighted by molar-refractivity contribution is 5.93. The summed E-state index contributed by atoms with van der Waals surface area (Å²) < 4.78 is 16.6. The van der Waals surface area contributed by atoms with Crippen LogP contribution in [0.15, 0.2) is 36.0 Å². The van der Waals surface area contributed by atoms with Gasteiger partial charge in [-0.2, -0.15) is 0 Å². The minimum Gasteiger partial charge on any atom is -0.481 e. The van der Waals surface area contributed by atoms with Crippen molar-refractivity contribution in [3.63, 3.8) is 0 Å². The van der Waals surface area contributed by atoms with E-state index in [9.17, 15) is 24.0 Å². The van der Waals surface area contributed by atoms with Crippen molar-refractivity contribution < 1.29 is 48.4 Å². The number of ether oxygens (including phenoxy) is 3. The van der Waals surface area contributed by atoms with Crippen LogP contribution in [0.4, 0.5) is 0 Å². The van der Waals surface area contributed by atoms with Gasteiger partial charge in [-0.15, -0.1) is 0 Å². The Bertz CT molecular complexity index is 1090. The molecule has 3 rings (SSSR count). The quantitative estimate of drug-likeness (QED) is 0.188. The number of hydrogen-bond donors (Lipinski definition) is 2. The van der Waals surface area contributed by atoms with Gasteiger partial charge in [-0.1, -0.05) is 38.2 Å². The minimum atomic E-state index is -0.985. The summed E-state index contributed by atoms with van der Waals surface area (Å²) in [6.45, 7) is 8.69. The van der Waals surface area contributed by atoms with Gasteiger partial charge >= 0.3 is 29.8 Å². The summed E-state index contributed by atoms with van der Waals surface area (Å²) in [7, 11) is 0. The lowest BCUT2D eigenvalue weighted by atomic mass is 9.46. The van der Waals surface area contributed by atoms with E-state index in [1.165, 1.54) is 0 Å². The van der Waals surface area contributed by atoms with E-state index >= 15 is 0 Å². The van der Waals surface area contributed by atoms with Crippen molar-refractivity contribution in [3.8, 4) is 0 Å². The number of rotatable bonds is 13. The van der Waals surface area contributed by atoms with Gasteiger partial charge in [0.2, 0.25) is 0 Å². The fraction of sp³-hybridized carbons (Fsp3) is 0.633. The van der Waals surface area contributed by atoms with E-state index in [1.807, 2.05) is 13.0 Å². The van der Waals surface area contributed by atoms with E-state index < -0.39 is 35.4 Å². The second-order valence-corrected chi connectivity index (χ2v) is 11.5. The molecular formula is C30H40O10. The third-order valence-electron chi connectivity index (χ3n) is 8.76. The van der Waals surface area contributed by atoms with Crippen LogP contribution in [0.25, 0.3) is 0 Å². The number of aliphatic carboxylic acids is 2. The first-order valence-electron chi connectivity index (χ1n) is 13.9. The molecule has 10 heteroatoms. The summed E-state index contributed by atoms with van der Waals surface area (Å²) in [5.74, 6) is -3.44. The number of carbonyl (C=O) groups excluding carboxylic acids is 3. The average Bonchev–Trinajstić information content (AvgIpc) is 3.28. The molecule has 1 aliphatic heterocycles. The van der Waals surface area contributed by atoms with Crippen molar-refractivity contribution in [1.29, 1.82) is 0 Å². The molecule has 3 aliphatic rings. The maximum atomic E-state index is 12.7. The molecule has 0 spiro atoms. The zero-order valence-corrected chi connectivity index (χ0v) is 23.3. The molecule has 1 unspecified atom stereocenters. The summed E-state index contributed by atoms with van der Waals surface area (Å²) in [5, 5.41) is 17.8. The van der Waals surface area contributed by atoms with Crippen LogP contribution < -0.4 is 0 Å². The van der Waals surface area contributed by atoms with Crippen molar-refractivity contribution in [3.05, 3.63) is 36.0 Å². The molecule has 0 bridgehead atoms. The molecule has 0 amide bonds. The number of allylic oxidation sites excluding steroid dienone is 2. The lowest BCUT2D eigenvalue weighted by Crippen LogP contribution is -2.58. The molecule has 0 radical (unpaired) electrons.